The fraction of sp³-hybridized carbons (Fsp3) is 0.667. The summed E-state index contributed by atoms with van der Waals surface area (Å²) in [7, 11) is -3.37. The van der Waals surface area contributed by atoms with E-state index in [2.05, 4.69) is 14.9 Å². The van der Waals surface area contributed by atoms with Gasteiger partial charge in [-0.1, -0.05) is 0 Å². The highest BCUT2D eigenvalue weighted by atomic mass is 32.2. The van der Waals surface area contributed by atoms with Crippen molar-refractivity contribution in [3.63, 3.8) is 0 Å². The molecule has 9 heteroatoms. The Hall–Kier alpha value is -1.64. The van der Waals surface area contributed by atoms with E-state index in [0.29, 0.717) is 0 Å². The first-order valence-corrected chi connectivity index (χ1v) is 7.49. The summed E-state index contributed by atoms with van der Waals surface area (Å²) in [6, 6.07) is 0. The monoisotopic (exact) mass is 273 g/mol. The molecular formula is C9H15N5O3S. The number of likely N-dealkylation sites (tertiary alicyclic amines) is 1. The summed E-state index contributed by atoms with van der Waals surface area (Å²) >= 11 is 0. The van der Waals surface area contributed by atoms with Crippen molar-refractivity contribution >= 4 is 21.7 Å². The predicted octanol–water partition coefficient (Wildman–Crippen LogP) is -0.728. The lowest BCUT2D eigenvalue weighted by Gasteiger charge is -2.14. The van der Waals surface area contributed by atoms with Crippen molar-refractivity contribution in [2.75, 3.05) is 24.1 Å². The SMILES string of the molecule is CS(=O)(=O)Nc1cnn(CC(=O)N2CCCC2)n1. The molecule has 0 unspecified atom stereocenters. The molecule has 0 bridgehead atoms. The minimum absolute atomic E-state index is 0.0332. The van der Waals surface area contributed by atoms with Gasteiger partial charge in [-0.25, -0.2) is 8.42 Å². The highest BCUT2D eigenvalue weighted by Gasteiger charge is 2.19. The maximum atomic E-state index is 11.8. The first-order valence-electron chi connectivity index (χ1n) is 5.60. The van der Waals surface area contributed by atoms with Gasteiger partial charge >= 0.3 is 0 Å². The van der Waals surface area contributed by atoms with E-state index in [4.69, 9.17) is 0 Å². The van der Waals surface area contributed by atoms with Crippen LogP contribution in [0.5, 0.6) is 0 Å². The van der Waals surface area contributed by atoms with Crippen LogP contribution in [-0.4, -0.2) is 53.6 Å². The molecule has 0 spiro atoms. The molecular weight excluding hydrogens is 258 g/mol. The van der Waals surface area contributed by atoms with Crippen molar-refractivity contribution in [1.82, 2.24) is 19.9 Å². The fourth-order valence-corrected chi connectivity index (χ4v) is 2.27. The summed E-state index contributed by atoms with van der Waals surface area (Å²) in [5.74, 6) is 0.0701. The summed E-state index contributed by atoms with van der Waals surface area (Å²) in [5, 5.41) is 7.72. The second-order valence-corrected chi connectivity index (χ2v) is 5.97. The van der Waals surface area contributed by atoms with Gasteiger partial charge in [-0.05, 0) is 12.8 Å². The van der Waals surface area contributed by atoms with Crippen LogP contribution in [0.3, 0.4) is 0 Å². The maximum Gasteiger partial charge on any atom is 0.246 e. The third-order valence-corrected chi connectivity index (χ3v) is 3.14. The van der Waals surface area contributed by atoms with Gasteiger partial charge in [-0.2, -0.15) is 9.90 Å². The van der Waals surface area contributed by atoms with Gasteiger partial charge in [0.05, 0.1) is 12.5 Å². The van der Waals surface area contributed by atoms with E-state index in [1.54, 1.807) is 4.90 Å². The van der Waals surface area contributed by atoms with Gasteiger partial charge in [0.2, 0.25) is 15.9 Å². The van der Waals surface area contributed by atoms with Gasteiger partial charge < -0.3 is 4.90 Å². The van der Waals surface area contributed by atoms with Crippen molar-refractivity contribution in [3.8, 4) is 0 Å². The Morgan fingerprint density at radius 1 is 1.44 bits per heavy atom. The quantitative estimate of drug-likeness (QED) is 0.780. The summed E-state index contributed by atoms with van der Waals surface area (Å²) in [4.78, 5) is 14.7. The van der Waals surface area contributed by atoms with Crippen LogP contribution in [0.4, 0.5) is 5.82 Å². The van der Waals surface area contributed by atoms with Crippen LogP contribution in [0.1, 0.15) is 12.8 Å². The highest BCUT2D eigenvalue weighted by molar-refractivity contribution is 7.92. The lowest BCUT2D eigenvalue weighted by atomic mass is 10.4. The lowest BCUT2D eigenvalue weighted by Crippen LogP contribution is -2.31. The number of nitrogens with one attached hydrogen (secondary N) is 1. The number of aromatic nitrogens is 3. The fourth-order valence-electron chi connectivity index (χ4n) is 1.80. The van der Waals surface area contributed by atoms with Crippen molar-refractivity contribution in [1.29, 1.82) is 0 Å². The van der Waals surface area contributed by atoms with Crippen LogP contribution in [0, 0.1) is 0 Å². The van der Waals surface area contributed by atoms with Crippen LogP contribution in [0.15, 0.2) is 6.20 Å². The number of rotatable bonds is 4. The van der Waals surface area contributed by atoms with Crippen LogP contribution in [0.2, 0.25) is 0 Å². The van der Waals surface area contributed by atoms with Gasteiger partial charge in [0, 0.05) is 13.1 Å². The molecule has 1 aromatic rings. The van der Waals surface area contributed by atoms with Crippen LogP contribution < -0.4 is 4.72 Å². The van der Waals surface area contributed by atoms with E-state index >= 15 is 0 Å². The molecule has 1 aromatic heterocycles. The average molecular weight is 273 g/mol. The zero-order valence-corrected chi connectivity index (χ0v) is 10.9. The van der Waals surface area contributed by atoms with Crippen molar-refractivity contribution in [2.24, 2.45) is 0 Å². The number of nitrogens with zero attached hydrogens (tertiary/aromatic N) is 4. The maximum absolute atomic E-state index is 11.8. The number of hydrogen-bond donors (Lipinski definition) is 1. The molecule has 2 heterocycles. The zero-order valence-electron chi connectivity index (χ0n) is 10.0. The van der Waals surface area contributed by atoms with Gasteiger partial charge in [0.1, 0.15) is 6.54 Å². The Morgan fingerprint density at radius 2 is 2.11 bits per heavy atom. The highest BCUT2D eigenvalue weighted by Crippen LogP contribution is 2.08. The Balaban J connectivity index is 1.96. The number of carbonyl (C=O) groups is 1. The van der Waals surface area contributed by atoms with E-state index in [-0.39, 0.29) is 18.3 Å². The largest absolute Gasteiger partial charge is 0.341 e. The summed E-state index contributed by atoms with van der Waals surface area (Å²) in [6.07, 6.45) is 4.36. The normalized spacial score (nSPS) is 15.9. The summed E-state index contributed by atoms with van der Waals surface area (Å²) < 4.78 is 24.2. The molecule has 0 aromatic carbocycles. The first kappa shape index (κ1) is 12.8. The van der Waals surface area contributed by atoms with Crippen molar-refractivity contribution in [2.45, 2.75) is 19.4 Å². The van der Waals surface area contributed by atoms with Gasteiger partial charge in [-0.3, -0.25) is 9.52 Å². The number of carbonyl (C=O) groups excluding carboxylic acids is 1. The predicted molar refractivity (Wildman–Crippen MR) is 64.3 cm³/mol. The third kappa shape index (κ3) is 3.42. The molecule has 18 heavy (non-hydrogen) atoms. The Kier molecular flexibility index (Phi) is 3.50. The molecule has 8 nitrogen and oxygen atoms in total. The molecule has 1 amide bonds. The second-order valence-electron chi connectivity index (χ2n) is 4.22. The minimum Gasteiger partial charge on any atom is -0.341 e. The number of sulfonamides is 1. The second kappa shape index (κ2) is 4.92. The molecule has 0 aliphatic carbocycles. The molecule has 1 saturated heterocycles. The molecule has 1 fully saturated rings. The number of anilines is 1. The molecule has 1 N–H and O–H groups in total. The molecule has 2 rings (SSSR count). The van der Waals surface area contributed by atoms with Crippen molar-refractivity contribution < 1.29 is 13.2 Å². The lowest BCUT2D eigenvalue weighted by molar-refractivity contribution is -0.131. The van der Waals surface area contributed by atoms with Crippen LogP contribution >= 0.6 is 0 Å². The molecule has 0 saturated carbocycles. The molecule has 0 radical (unpaired) electrons. The van der Waals surface area contributed by atoms with E-state index < -0.39 is 10.0 Å². The topological polar surface area (TPSA) is 97.2 Å². The Labute approximate surface area is 105 Å². The average Bonchev–Trinajstić information content (AvgIpc) is 2.86. The Morgan fingerprint density at radius 3 is 2.72 bits per heavy atom. The van der Waals surface area contributed by atoms with Crippen molar-refractivity contribution in [3.05, 3.63) is 6.20 Å². The Bertz CT molecular complexity index is 532. The van der Waals surface area contributed by atoms with E-state index in [0.717, 1.165) is 32.2 Å². The third-order valence-electron chi connectivity index (χ3n) is 2.56. The standard InChI is InChI=1S/C9H15N5O3S/c1-18(16,17)12-8-6-10-14(11-8)7-9(15)13-4-2-3-5-13/h6H,2-5,7H2,1H3,(H,11,12). The molecule has 0 atom stereocenters. The van der Waals surface area contributed by atoms with E-state index in [9.17, 15) is 13.2 Å². The van der Waals surface area contributed by atoms with E-state index in [1.807, 2.05) is 0 Å². The van der Waals surface area contributed by atoms with Crippen LogP contribution in [-0.2, 0) is 21.4 Å². The number of hydrogen-bond acceptors (Lipinski definition) is 5. The number of amides is 1. The molecule has 1 aliphatic rings. The first-order chi connectivity index (χ1) is 8.44. The van der Waals surface area contributed by atoms with Crippen LogP contribution in [0.25, 0.3) is 0 Å². The van der Waals surface area contributed by atoms with Gasteiger partial charge in [0.25, 0.3) is 0 Å². The van der Waals surface area contributed by atoms with Gasteiger partial charge in [0.15, 0.2) is 5.82 Å². The summed E-state index contributed by atoms with van der Waals surface area (Å²) in [6.45, 7) is 1.58. The smallest absolute Gasteiger partial charge is 0.246 e. The van der Waals surface area contributed by atoms with E-state index in [1.165, 1.54) is 11.0 Å². The molecule has 100 valence electrons. The van der Waals surface area contributed by atoms with Gasteiger partial charge in [-0.15, -0.1) is 5.10 Å². The minimum atomic E-state index is -3.37. The molecule has 1 aliphatic heterocycles. The summed E-state index contributed by atoms with van der Waals surface area (Å²) in [5.41, 5.74) is 0. The zero-order chi connectivity index (χ0) is 13.2.